The Bertz CT molecular complexity index is 631. The van der Waals surface area contributed by atoms with Crippen molar-refractivity contribution in [2.24, 2.45) is 0 Å². The molecule has 22 heavy (non-hydrogen) atoms. The minimum atomic E-state index is -2.95. The van der Waals surface area contributed by atoms with Gasteiger partial charge < -0.3 is 15.0 Å². The van der Waals surface area contributed by atoms with Crippen LogP contribution < -0.4 is 5.32 Å². The lowest BCUT2D eigenvalue weighted by atomic mass is 10.2. The first-order valence-electron chi connectivity index (χ1n) is 7.25. The van der Waals surface area contributed by atoms with E-state index in [0.717, 1.165) is 11.3 Å². The summed E-state index contributed by atoms with van der Waals surface area (Å²) in [6.45, 7) is 3.10. The maximum atomic E-state index is 11.7. The van der Waals surface area contributed by atoms with Gasteiger partial charge in [-0.25, -0.2) is 8.42 Å². The van der Waals surface area contributed by atoms with Crippen LogP contribution in [-0.2, 0) is 14.6 Å². The van der Waals surface area contributed by atoms with E-state index in [4.69, 9.17) is 17.0 Å². The zero-order chi connectivity index (χ0) is 16.2. The van der Waals surface area contributed by atoms with Gasteiger partial charge in [0.2, 0.25) is 0 Å². The van der Waals surface area contributed by atoms with Crippen LogP contribution in [-0.4, -0.2) is 56.2 Å². The maximum Gasteiger partial charge on any atom is 0.173 e. The van der Waals surface area contributed by atoms with E-state index in [1.165, 1.54) is 0 Å². The van der Waals surface area contributed by atoms with Crippen LogP contribution in [0, 0.1) is 6.92 Å². The molecule has 0 bridgehead atoms. The lowest BCUT2D eigenvalue weighted by Gasteiger charge is -2.30. The molecule has 0 aliphatic carbocycles. The standard InChI is InChI=1S/C15H22N2O3S2/c1-12-4-3-5-13(10-12)16-15(21)17(7-8-20-2)14-6-9-22(18,19)11-14/h3-5,10,14H,6-9,11H2,1-2H3,(H,16,21)/t14-/m0/s1. The van der Waals surface area contributed by atoms with Gasteiger partial charge in [0.25, 0.3) is 0 Å². The summed E-state index contributed by atoms with van der Waals surface area (Å²) in [5.41, 5.74) is 2.05. The van der Waals surface area contributed by atoms with E-state index in [0.29, 0.717) is 24.7 Å². The quantitative estimate of drug-likeness (QED) is 0.824. The Morgan fingerprint density at radius 1 is 1.50 bits per heavy atom. The SMILES string of the molecule is COCCN(C(=S)Nc1cccc(C)c1)[C@H]1CCS(=O)(=O)C1. The molecule has 1 aliphatic heterocycles. The monoisotopic (exact) mass is 342 g/mol. The van der Waals surface area contributed by atoms with E-state index in [-0.39, 0.29) is 17.5 Å². The van der Waals surface area contributed by atoms with Gasteiger partial charge in [0.15, 0.2) is 14.9 Å². The molecule has 0 aromatic heterocycles. The first kappa shape index (κ1) is 17.2. The number of hydrogen-bond donors (Lipinski definition) is 1. The fraction of sp³-hybridized carbons (Fsp3) is 0.533. The molecule has 1 aromatic rings. The Kier molecular flexibility index (Phi) is 5.77. The van der Waals surface area contributed by atoms with Crippen molar-refractivity contribution in [3.05, 3.63) is 29.8 Å². The van der Waals surface area contributed by atoms with Gasteiger partial charge in [0.05, 0.1) is 18.1 Å². The molecule has 1 aliphatic rings. The summed E-state index contributed by atoms with van der Waals surface area (Å²) in [6.07, 6.45) is 0.613. The predicted molar refractivity (Wildman–Crippen MR) is 93.0 cm³/mol. The van der Waals surface area contributed by atoms with Gasteiger partial charge in [-0.15, -0.1) is 0 Å². The molecule has 0 unspecified atom stereocenters. The minimum Gasteiger partial charge on any atom is -0.383 e. The normalized spacial score (nSPS) is 19.8. The van der Waals surface area contributed by atoms with Crippen molar-refractivity contribution < 1.29 is 13.2 Å². The summed E-state index contributed by atoms with van der Waals surface area (Å²) in [7, 11) is -1.32. The Hall–Kier alpha value is -1.18. The second-order valence-electron chi connectivity index (χ2n) is 5.54. The number of methoxy groups -OCH3 is 1. The van der Waals surface area contributed by atoms with E-state index in [1.54, 1.807) is 7.11 Å². The van der Waals surface area contributed by atoms with Gasteiger partial charge in [0.1, 0.15) is 0 Å². The van der Waals surface area contributed by atoms with E-state index >= 15 is 0 Å². The van der Waals surface area contributed by atoms with Crippen LogP contribution in [0.4, 0.5) is 5.69 Å². The number of hydrogen-bond acceptors (Lipinski definition) is 4. The molecule has 1 fully saturated rings. The van der Waals surface area contributed by atoms with Gasteiger partial charge in [-0.1, -0.05) is 12.1 Å². The number of aryl methyl sites for hydroxylation is 1. The fourth-order valence-corrected chi connectivity index (χ4v) is 4.67. The Morgan fingerprint density at radius 3 is 2.86 bits per heavy atom. The Labute approximate surface area is 137 Å². The lowest BCUT2D eigenvalue weighted by molar-refractivity contribution is 0.166. The van der Waals surface area contributed by atoms with Gasteiger partial charge in [-0.3, -0.25) is 0 Å². The highest BCUT2D eigenvalue weighted by atomic mass is 32.2. The number of nitrogens with one attached hydrogen (secondary N) is 1. The van der Waals surface area contributed by atoms with Gasteiger partial charge in [-0.05, 0) is 43.3 Å². The van der Waals surface area contributed by atoms with Crippen molar-refractivity contribution in [3.63, 3.8) is 0 Å². The molecule has 0 spiro atoms. The molecule has 2 rings (SSSR count). The van der Waals surface area contributed by atoms with Crippen molar-refractivity contribution in [1.29, 1.82) is 0 Å². The molecule has 1 heterocycles. The number of rotatable bonds is 5. The highest BCUT2D eigenvalue weighted by Gasteiger charge is 2.33. The van der Waals surface area contributed by atoms with Gasteiger partial charge in [0, 0.05) is 25.4 Å². The topological polar surface area (TPSA) is 58.6 Å². The van der Waals surface area contributed by atoms with Crippen LogP contribution in [0.2, 0.25) is 0 Å². The van der Waals surface area contributed by atoms with Crippen LogP contribution in [0.1, 0.15) is 12.0 Å². The van der Waals surface area contributed by atoms with E-state index in [9.17, 15) is 8.42 Å². The molecule has 7 heteroatoms. The van der Waals surface area contributed by atoms with E-state index in [2.05, 4.69) is 5.32 Å². The van der Waals surface area contributed by atoms with Crippen LogP contribution in [0.25, 0.3) is 0 Å². The molecule has 0 radical (unpaired) electrons. The molecular formula is C15H22N2O3S2. The van der Waals surface area contributed by atoms with Crippen LogP contribution >= 0.6 is 12.2 Å². The fourth-order valence-electron chi connectivity index (χ4n) is 2.58. The Morgan fingerprint density at radius 2 is 2.27 bits per heavy atom. The number of anilines is 1. The summed E-state index contributed by atoms with van der Waals surface area (Å²) >= 11 is 5.49. The molecule has 0 amide bonds. The van der Waals surface area contributed by atoms with Crippen molar-refractivity contribution in [1.82, 2.24) is 4.90 Å². The largest absolute Gasteiger partial charge is 0.383 e. The van der Waals surface area contributed by atoms with Gasteiger partial charge in [-0.2, -0.15) is 0 Å². The molecular weight excluding hydrogens is 320 g/mol. The zero-order valence-corrected chi connectivity index (χ0v) is 14.5. The summed E-state index contributed by atoms with van der Waals surface area (Å²) in [4.78, 5) is 1.94. The number of nitrogens with zero attached hydrogens (tertiary/aromatic N) is 1. The third-order valence-electron chi connectivity index (χ3n) is 3.72. The number of ether oxygens (including phenoxy) is 1. The third kappa shape index (κ3) is 4.66. The molecule has 0 saturated carbocycles. The number of sulfone groups is 1. The average Bonchev–Trinajstić information content (AvgIpc) is 2.79. The minimum absolute atomic E-state index is 0.0787. The van der Waals surface area contributed by atoms with Gasteiger partial charge >= 0.3 is 0 Å². The number of thiocarbonyl (C=S) groups is 1. The highest BCUT2D eigenvalue weighted by Crippen LogP contribution is 2.19. The summed E-state index contributed by atoms with van der Waals surface area (Å²) in [5.74, 6) is 0.389. The second-order valence-corrected chi connectivity index (χ2v) is 8.16. The molecule has 122 valence electrons. The summed E-state index contributed by atoms with van der Waals surface area (Å²) < 4.78 is 28.6. The van der Waals surface area contributed by atoms with Crippen LogP contribution in [0.3, 0.4) is 0 Å². The molecule has 1 atom stereocenters. The van der Waals surface area contributed by atoms with Crippen molar-refractivity contribution in [2.45, 2.75) is 19.4 Å². The predicted octanol–water partition coefficient (Wildman–Crippen LogP) is 1.83. The summed E-state index contributed by atoms with van der Waals surface area (Å²) in [6, 6.07) is 7.84. The lowest BCUT2D eigenvalue weighted by Crippen LogP contribution is -2.45. The summed E-state index contributed by atoms with van der Waals surface area (Å²) in [5, 5.41) is 3.75. The molecule has 5 nitrogen and oxygen atoms in total. The second kappa shape index (κ2) is 7.39. The van der Waals surface area contributed by atoms with Crippen molar-refractivity contribution in [2.75, 3.05) is 37.1 Å². The van der Waals surface area contributed by atoms with Crippen molar-refractivity contribution >= 4 is 32.9 Å². The third-order valence-corrected chi connectivity index (χ3v) is 5.80. The smallest absolute Gasteiger partial charge is 0.173 e. The first-order chi connectivity index (χ1) is 10.4. The average molecular weight is 342 g/mol. The molecule has 1 saturated heterocycles. The maximum absolute atomic E-state index is 11.7. The highest BCUT2D eigenvalue weighted by molar-refractivity contribution is 7.91. The Balaban J connectivity index is 2.09. The van der Waals surface area contributed by atoms with Crippen molar-refractivity contribution in [3.8, 4) is 0 Å². The van der Waals surface area contributed by atoms with E-state index < -0.39 is 9.84 Å². The van der Waals surface area contributed by atoms with Crippen LogP contribution in [0.15, 0.2) is 24.3 Å². The zero-order valence-electron chi connectivity index (χ0n) is 12.9. The van der Waals surface area contributed by atoms with E-state index in [1.807, 2.05) is 36.1 Å². The molecule has 1 N–H and O–H groups in total. The molecule has 1 aromatic carbocycles. The first-order valence-corrected chi connectivity index (χ1v) is 9.48. The number of benzene rings is 1. The van der Waals surface area contributed by atoms with Crippen LogP contribution in [0.5, 0.6) is 0 Å².